The fourth-order valence-electron chi connectivity index (χ4n) is 1.86. The molecule has 0 N–H and O–H groups in total. The van der Waals surface area contributed by atoms with E-state index in [1.54, 1.807) is 11.3 Å². The minimum Gasteiger partial charge on any atom is -0.494 e. The van der Waals surface area contributed by atoms with Crippen LogP contribution in [0.3, 0.4) is 0 Å². The average Bonchev–Trinajstić information content (AvgIpc) is 2.73. The second kappa shape index (κ2) is 5.33. The number of hydrogen-bond donors (Lipinski definition) is 0. The number of rotatable bonds is 3. The van der Waals surface area contributed by atoms with Crippen LogP contribution in [-0.4, -0.2) is 11.6 Å². The molecule has 0 bridgehead atoms. The molecule has 19 heavy (non-hydrogen) atoms. The maximum Gasteiger partial charge on any atom is 0.119 e. The maximum atomic E-state index is 5.47. The zero-order chi connectivity index (χ0) is 14.0. The monoisotopic (exact) mass is 275 g/mol. The van der Waals surface area contributed by atoms with Gasteiger partial charge < -0.3 is 4.74 Å². The van der Waals surface area contributed by atoms with Crippen molar-refractivity contribution >= 4 is 11.3 Å². The minimum absolute atomic E-state index is 0.110. The predicted molar refractivity (Wildman–Crippen MR) is 82.2 cm³/mol. The molecule has 0 unspecified atom stereocenters. The van der Waals surface area contributed by atoms with E-state index in [9.17, 15) is 0 Å². The van der Waals surface area contributed by atoms with Gasteiger partial charge in [0.1, 0.15) is 5.75 Å². The summed E-state index contributed by atoms with van der Waals surface area (Å²) in [6, 6.07) is 8.18. The van der Waals surface area contributed by atoms with Gasteiger partial charge in [0, 0.05) is 15.9 Å². The van der Waals surface area contributed by atoms with Crippen LogP contribution in [0.1, 0.15) is 37.6 Å². The molecule has 1 aromatic carbocycles. The lowest BCUT2D eigenvalue weighted by atomic mass is 9.98. The van der Waals surface area contributed by atoms with Gasteiger partial charge in [-0.1, -0.05) is 20.8 Å². The van der Waals surface area contributed by atoms with Crippen molar-refractivity contribution < 1.29 is 4.74 Å². The first-order valence-electron chi connectivity index (χ1n) is 6.63. The van der Waals surface area contributed by atoms with E-state index >= 15 is 0 Å². The molecule has 0 aliphatic rings. The number of hydrogen-bond acceptors (Lipinski definition) is 3. The highest BCUT2D eigenvalue weighted by Gasteiger charge is 2.20. The Morgan fingerprint density at radius 2 is 1.79 bits per heavy atom. The van der Waals surface area contributed by atoms with E-state index < -0.39 is 0 Å². The van der Waals surface area contributed by atoms with Crippen LogP contribution >= 0.6 is 11.3 Å². The molecule has 0 saturated heterocycles. The van der Waals surface area contributed by atoms with E-state index in [1.807, 2.05) is 19.1 Å². The van der Waals surface area contributed by atoms with Crippen LogP contribution in [0.2, 0.25) is 0 Å². The molecule has 2 nitrogen and oxygen atoms in total. The van der Waals surface area contributed by atoms with Gasteiger partial charge in [0.05, 0.1) is 17.3 Å². The number of aryl methyl sites for hydroxylation is 1. The quantitative estimate of drug-likeness (QED) is 0.801. The van der Waals surface area contributed by atoms with Crippen LogP contribution in [0.15, 0.2) is 24.3 Å². The maximum absolute atomic E-state index is 5.47. The van der Waals surface area contributed by atoms with E-state index in [0.717, 1.165) is 17.0 Å². The Balaban J connectivity index is 2.34. The van der Waals surface area contributed by atoms with Gasteiger partial charge in [-0.05, 0) is 38.1 Å². The second-order valence-electron chi connectivity index (χ2n) is 5.63. The summed E-state index contributed by atoms with van der Waals surface area (Å²) in [7, 11) is 0. The molecule has 0 atom stereocenters. The summed E-state index contributed by atoms with van der Waals surface area (Å²) >= 11 is 1.79. The molecule has 102 valence electrons. The van der Waals surface area contributed by atoms with Gasteiger partial charge in [-0.25, -0.2) is 4.98 Å². The molecular weight excluding hydrogens is 254 g/mol. The van der Waals surface area contributed by atoms with Crippen LogP contribution in [0, 0.1) is 6.92 Å². The van der Waals surface area contributed by atoms with Crippen LogP contribution in [0.25, 0.3) is 11.3 Å². The molecule has 2 rings (SSSR count). The first kappa shape index (κ1) is 14.1. The van der Waals surface area contributed by atoms with Crippen molar-refractivity contribution in [2.24, 2.45) is 0 Å². The van der Waals surface area contributed by atoms with Crippen LogP contribution in [-0.2, 0) is 5.41 Å². The normalized spacial score (nSPS) is 11.6. The van der Waals surface area contributed by atoms with Gasteiger partial charge in [-0.15, -0.1) is 11.3 Å². The molecule has 0 radical (unpaired) electrons. The van der Waals surface area contributed by atoms with Crippen LogP contribution in [0.5, 0.6) is 5.75 Å². The molecule has 3 heteroatoms. The summed E-state index contributed by atoms with van der Waals surface area (Å²) in [5.74, 6) is 0.912. The smallest absolute Gasteiger partial charge is 0.119 e. The summed E-state index contributed by atoms with van der Waals surface area (Å²) in [6.45, 7) is 11.4. The number of thiazole rings is 1. The van der Waals surface area contributed by atoms with Gasteiger partial charge in [0.15, 0.2) is 0 Å². The number of aromatic nitrogens is 1. The first-order chi connectivity index (χ1) is 8.91. The van der Waals surface area contributed by atoms with Crippen molar-refractivity contribution in [2.75, 3.05) is 6.61 Å². The molecule has 0 spiro atoms. The molecule has 0 saturated carbocycles. The summed E-state index contributed by atoms with van der Waals surface area (Å²) in [5.41, 5.74) is 2.37. The van der Waals surface area contributed by atoms with E-state index in [4.69, 9.17) is 9.72 Å². The molecule has 0 amide bonds. The van der Waals surface area contributed by atoms with Gasteiger partial charge in [-0.3, -0.25) is 0 Å². The third kappa shape index (κ3) is 3.16. The van der Waals surface area contributed by atoms with Gasteiger partial charge in [0.25, 0.3) is 0 Å². The van der Waals surface area contributed by atoms with Crippen molar-refractivity contribution in [2.45, 2.75) is 40.0 Å². The molecule has 2 aromatic rings. The van der Waals surface area contributed by atoms with E-state index in [0.29, 0.717) is 6.61 Å². The fraction of sp³-hybridized carbons (Fsp3) is 0.438. The van der Waals surface area contributed by atoms with Crippen molar-refractivity contribution in [3.63, 3.8) is 0 Å². The first-order valence-corrected chi connectivity index (χ1v) is 7.44. The third-order valence-electron chi connectivity index (χ3n) is 2.88. The van der Waals surface area contributed by atoms with E-state index in [2.05, 4.69) is 39.8 Å². The Morgan fingerprint density at radius 3 is 2.26 bits per heavy atom. The molecular formula is C16H21NOS. The highest BCUT2D eigenvalue weighted by Crippen LogP contribution is 2.34. The highest BCUT2D eigenvalue weighted by molar-refractivity contribution is 7.12. The summed E-state index contributed by atoms with van der Waals surface area (Å²) in [5, 5.41) is 1.19. The van der Waals surface area contributed by atoms with Crippen LogP contribution in [0.4, 0.5) is 0 Å². The largest absolute Gasteiger partial charge is 0.494 e. The lowest BCUT2D eigenvalue weighted by molar-refractivity contribution is 0.340. The lowest BCUT2D eigenvalue weighted by Gasteiger charge is -2.13. The number of benzene rings is 1. The van der Waals surface area contributed by atoms with Crippen molar-refractivity contribution in [1.29, 1.82) is 0 Å². The summed E-state index contributed by atoms with van der Waals surface area (Å²) < 4.78 is 5.47. The van der Waals surface area contributed by atoms with Gasteiger partial charge in [-0.2, -0.15) is 0 Å². The fourth-order valence-corrected chi connectivity index (χ4v) is 2.85. The topological polar surface area (TPSA) is 22.1 Å². The Bertz CT molecular complexity index is 549. The predicted octanol–water partition coefficient (Wildman–Crippen LogP) is 4.81. The Morgan fingerprint density at radius 1 is 1.16 bits per heavy atom. The van der Waals surface area contributed by atoms with E-state index in [1.165, 1.54) is 9.88 Å². The van der Waals surface area contributed by atoms with Crippen LogP contribution < -0.4 is 4.74 Å². The minimum atomic E-state index is 0.110. The Hall–Kier alpha value is -1.35. The lowest BCUT2D eigenvalue weighted by Crippen LogP contribution is -2.10. The molecule has 0 aliphatic carbocycles. The molecule has 1 heterocycles. The summed E-state index contributed by atoms with van der Waals surface area (Å²) in [4.78, 5) is 6.08. The highest BCUT2D eigenvalue weighted by atomic mass is 32.1. The van der Waals surface area contributed by atoms with Crippen molar-refractivity contribution in [3.8, 4) is 17.0 Å². The molecule has 0 fully saturated rings. The zero-order valence-electron chi connectivity index (χ0n) is 12.3. The SMILES string of the molecule is CCOc1ccc(-c2nc(C(C)(C)C)sc2C)cc1. The Kier molecular flexibility index (Phi) is 3.95. The Labute approximate surface area is 119 Å². The number of nitrogens with zero attached hydrogens (tertiary/aromatic N) is 1. The standard InChI is InChI=1S/C16H21NOS/c1-6-18-13-9-7-12(8-10-13)14-11(2)19-15(17-14)16(3,4)5/h7-10H,6H2,1-5H3. The molecule has 0 aliphatic heterocycles. The van der Waals surface area contributed by atoms with Gasteiger partial charge in [0.2, 0.25) is 0 Å². The van der Waals surface area contributed by atoms with Gasteiger partial charge >= 0.3 is 0 Å². The zero-order valence-corrected chi connectivity index (χ0v) is 13.1. The third-order valence-corrected chi connectivity index (χ3v) is 4.27. The van der Waals surface area contributed by atoms with Crippen molar-refractivity contribution in [1.82, 2.24) is 4.98 Å². The summed E-state index contributed by atoms with van der Waals surface area (Å²) in [6.07, 6.45) is 0. The molecule has 1 aromatic heterocycles. The average molecular weight is 275 g/mol. The number of ether oxygens (including phenoxy) is 1. The second-order valence-corrected chi connectivity index (χ2v) is 6.83. The van der Waals surface area contributed by atoms with Crippen molar-refractivity contribution in [3.05, 3.63) is 34.2 Å². The van der Waals surface area contributed by atoms with E-state index in [-0.39, 0.29) is 5.41 Å².